The summed E-state index contributed by atoms with van der Waals surface area (Å²) < 4.78 is 23.9. The molecule has 0 amide bonds. The molecule has 0 bridgehead atoms. The van der Waals surface area contributed by atoms with Crippen molar-refractivity contribution in [1.82, 2.24) is 24.5 Å². The summed E-state index contributed by atoms with van der Waals surface area (Å²) in [5.41, 5.74) is 2.39. The molecule has 1 aliphatic carbocycles. The molecule has 2 unspecified atom stereocenters. The van der Waals surface area contributed by atoms with Gasteiger partial charge in [-0.3, -0.25) is 0 Å². The molecule has 3 heterocycles. The van der Waals surface area contributed by atoms with Gasteiger partial charge in [0, 0.05) is 28.2 Å². The molecule has 1 aliphatic rings. The third kappa shape index (κ3) is 6.60. The third-order valence-electron chi connectivity index (χ3n) is 8.90. The van der Waals surface area contributed by atoms with Crippen LogP contribution in [0.1, 0.15) is 72.2 Å². The van der Waals surface area contributed by atoms with Gasteiger partial charge in [0.1, 0.15) is 4.75 Å². The van der Waals surface area contributed by atoms with Crippen molar-refractivity contribution < 1.29 is 14.1 Å². The molecule has 230 valence electrons. The first-order valence-electron chi connectivity index (χ1n) is 15.1. The molecule has 2 atom stereocenters. The number of aromatic nitrogens is 4. The largest absolute Gasteiger partial charge is 0.598 e. The van der Waals surface area contributed by atoms with Gasteiger partial charge in [0.15, 0.2) is 14.1 Å². The first kappa shape index (κ1) is 31.8. The fourth-order valence-electron chi connectivity index (χ4n) is 4.77. The maximum absolute atomic E-state index is 13.1. The summed E-state index contributed by atoms with van der Waals surface area (Å²) in [6, 6.07) is 17.7. The fourth-order valence-corrected chi connectivity index (χ4v) is 6.57. The summed E-state index contributed by atoms with van der Waals surface area (Å²) in [4.78, 5) is 9.82. The van der Waals surface area contributed by atoms with Crippen molar-refractivity contribution in [2.45, 2.75) is 96.0 Å². The predicted molar refractivity (Wildman–Crippen MR) is 176 cm³/mol. The van der Waals surface area contributed by atoms with Crippen LogP contribution < -0.4 is 4.72 Å². The highest BCUT2D eigenvalue weighted by molar-refractivity contribution is 7.90. The van der Waals surface area contributed by atoms with Gasteiger partial charge in [-0.15, -0.1) is 4.72 Å². The number of rotatable bonds is 9. The van der Waals surface area contributed by atoms with Gasteiger partial charge in [0.2, 0.25) is 5.72 Å². The number of hydrogen-bond donors (Lipinski definition) is 2. The summed E-state index contributed by atoms with van der Waals surface area (Å²) in [5.74, 6) is 0.669. The second kappa shape index (κ2) is 11.7. The highest BCUT2D eigenvalue weighted by atomic mass is 32.2. The number of benzene rings is 1. The lowest BCUT2D eigenvalue weighted by atomic mass is 9.76. The summed E-state index contributed by atoms with van der Waals surface area (Å²) >= 11 is -1.46. The van der Waals surface area contributed by atoms with Crippen LogP contribution in [0.2, 0.25) is 18.1 Å². The fraction of sp³-hybridized carbons (Fsp3) is 0.485. The summed E-state index contributed by atoms with van der Waals surface area (Å²) in [6.07, 6.45) is 4.59. The standard InChI is InChI=1S/C33H45N5O3SSi/c1-31(2,3)42(40)37-33(39,25-12-9-13-25)29-16-11-15-27(36-29)23-18-19-24-21-34-38(28(24)20-23)30-17-10-14-26(35-30)22-41-43(7,8)32(4,5)6/h10-11,14-21,25,37,39H,9,12-13,22H2,1-8H3. The Morgan fingerprint density at radius 3 is 2.40 bits per heavy atom. The van der Waals surface area contributed by atoms with Crippen molar-refractivity contribution in [2.75, 3.05) is 0 Å². The third-order valence-corrected chi connectivity index (χ3v) is 15.0. The Morgan fingerprint density at radius 2 is 1.74 bits per heavy atom. The topological polar surface area (TPSA) is 108 Å². The molecule has 0 aliphatic heterocycles. The van der Waals surface area contributed by atoms with Gasteiger partial charge in [-0.05, 0) is 82.1 Å². The molecule has 1 aromatic carbocycles. The molecular weight excluding hydrogens is 575 g/mol. The Hall–Kier alpha value is -2.60. The van der Waals surface area contributed by atoms with Crippen molar-refractivity contribution in [3.63, 3.8) is 0 Å². The Bertz CT molecular complexity index is 1590. The zero-order chi connectivity index (χ0) is 31.2. The number of fused-ring (bicyclic) bond motifs is 1. The van der Waals surface area contributed by atoms with Crippen LogP contribution in [-0.4, -0.2) is 42.5 Å². The highest BCUT2D eigenvalue weighted by Gasteiger charge is 2.48. The Labute approximate surface area is 259 Å². The van der Waals surface area contributed by atoms with E-state index in [1.54, 1.807) is 0 Å². The molecule has 5 rings (SSSR count). The van der Waals surface area contributed by atoms with Crippen LogP contribution in [0.4, 0.5) is 0 Å². The molecule has 1 fully saturated rings. The van der Waals surface area contributed by atoms with Crippen molar-refractivity contribution in [2.24, 2.45) is 5.92 Å². The average molecular weight is 620 g/mol. The molecule has 43 heavy (non-hydrogen) atoms. The molecule has 4 aromatic rings. The van der Waals surface area contributed by atoms with E-state index in [0.717, 1.165) is 52.9 Å². The quantitative estimate of drug-likeness (QED) is 0.118. The van der Waals surface area contributed by atoms with Crippen LogP contribution in [0, 0.1) is 5.92 Å². The van der Waals surface area contributed by atoms with E-state index in [1.165, 1.54) is 0 Å². The lowest BCUT2D eigenvalue weighted by Gasteiger charge is -2.42. The van der Waals surface area contributed by atoms with E-state index in [2.05, 4.69) is 49.8 Å². The van der Waals surface area contributed by atoms with Gasteiger partial charge in [0.25, 0.3) is 0 Å². The number of pyridine rings is 2. The van der Waals surface area contributed by atoms with Crippen LogP contribution in [0.15, 0.2) is 60.8 Å². The van der Waals surface area contributed by atoms with E-state index in [1.807, 2.05) is 80.2 Å². The second-order valence-corrected chi connectivity index (χ2v) is 20.9. The molecule has 0 spiro atoms. The number of hydrogen-bond acceptors (Lipinski definition) is 7. The minimum absolute atomic E-state index is 0.0515. The second-order valence-electron chi connectivity index (χ2n) is 14.2. The van der Waals surface area contributed by atoms with Crippen molar-refractivity contribution >= 4 is 30.6 Å². The molecule has 1 saturated carbocycles. The predicted octanol–water partition coefficient (Wildman–Crippen LogP) is 7.00. The van der Waals surface area contributed by atoms with Crippen molar-refractivity contribution in [3.05, 3.63) is 72.2 Å². The zero-order valence-electron chi connectivity index (χ0n) is 26.6. The highest BCUT2D eigenvalue weighted by Crippen LogP contribution is 2.42. The van der Waals surface area contributed by atoms with Gasteiger partial charge in [-0.2, -0.15) is 5.10 Å². The smallest absolute Gasteiger partial charge is 0.203 e. The molecule has 10 heteroatoms. The Balaban J connectivity index is 1.46. The van der Waals surface area contributed by atoms with Crippen molar-refractivity contribution in [3.8, 4) is 17.1 Å². The van der Waals surface area contributed by atoms with E-state index < -0.39 is 30.2 Å². The van der Waals surface area contributed by atoms with Gasteiger partial charge < -0.3 is 14.1 Å². The van der Waals surface area contributed by atoms with Crippen LogP contribution in [-0.2, 0) is 28.1 Å². The van der Waals surface area contributed by atoms with Crippen LogP contribution >= 0.6 is 0 Å². The average Bonchev–Trinajstić information content (AvgIpc) is 3.33. The van der Waals surface area contributed by atoms with E-state index in [0.29, 0.717) is 12.3 Å². The first-order valence-corrected chi connectivity index (χ1v) is 19.1. The molecular formula is C33H45N5O3SSi. The summed E-state index contributed by atoms with van der Waals surface area (Å²) in [5, 5.41) is 17.7. The minimum Gasteiger partial charge on any atom is -0.598 e. The number of nitrogens with zero attached hydrogens (tertiary/aromatic N) is 4. The lowest BCUT2D eigenvalue weighted by Crippen LogP contribution is -2.57. The van der Waals surface area contributed by atoms with Gasteiger partial charge in [0.05, 0.1) is 35.4 Å². The normalized spacial score (nSPS) is 17.1. The molecule has 0 radical (unpaired) electrons. The van der Waals surface area contributed by atoms with Crippen LogP contribution in [0.3, 0.4) is 0 Å². The zero-order valence-corrected chi connectivity index (χ0v) is 28.5. The molecule has 0 saturated heterocycles. The van der Waals surface area contributed by atoms with E-state index >= 15 is 0 Å². The van der Waals surface area contributed by atoms with Gasteiger partial charge in [-0.25, -0.2) is 14.6 Å². The number of aliphatic hydroxyl groups is 1. The summed E-state index contributed by atoms with van der Waals surface area (Å²) in [6.45, 7) is 17.3. The van der Waals surface area contributed by atoms with Crippen molar-refractivity contribution in [1.29, 1.82) is 0 Å². The molecule has 2 N–H and O–H groups in total. The Kier molecular flexibility index (Phi) is 8.67. The molecule has 8 nitrogen and oxygen atoms in total. The van der Waals surface area contributed by atoms with Gasteiger partial charge in [-0.1, -0.05) is 51.5 Å². The van der Waals surface area contributed by atoms with E-state index in [4.69, 9.17) is 14.4 Å². The number of nitrogens with one attached hydrogen (secondary N) is 1. The summed E-state index contributed by atoms with van der Waals surface area (Å²) in [7, 11) is -1.91. The maximum Gasteiger partial charge on any atom is 0.203 e. The van der Waals surface area contributed by atoms with Crippen LogP contribution in [0.5, 0.6) is 0 Å². The van der Waals surface area contributed by atoms with E-state index in [9.17, 15) is 9.66 Å². The lowest BCUT2D eigenvalue weighted by molar-refractivity contribution is -0.0700. The van der Waals surface area contributed by atoms with E-state index in [-0.39, 0.29) is 11.0 Å². The SMILES string of the molecule is CC(C)(C)[S+]([O-])NC(O)(c1cccc(-c2ccc3cnn(-c4cccc(CO[Si](C)(C)C(C)(C)C)n4)c3c2)n1)C1CCC1. The first-order chi connectivity index (χ1) is 20.1. The van der Waals surface area contributed by atoms with Crippen LogP contribution in [0.25, 0.3) is 28.0 Å². The maximum atomic E-state index is 13.1. The van der Waals surface area contributed by atoms with Gasteiger partial charge >= 0.3 is 0 Å². The molecule has 3 aromatic heterocycles. The monoisotopic (exact) mass is 619 g/mol. The minimum atomic E-state index is -1.91. The Morgan fingerprint density at radius 1 is 1.02 bits per heavy atom.